The van der Waals surface area contributed by atoms with Gasteiger partial charge >= 0.3 is 0 Å². The van der Waals surface area contributed by atoms with E-state index in [0.717, 1.165) is 17.7 Å². The van der Waals surface area contributed by atoms with Crippen molar-refractivity contribution < 1.29 is 9.18 Å². The SMILES string of the molecule is CC[C@@H](C)N(Cc1cccn1Cc1cccc(Cl)c1)C(=O)c1ccc(F)cc1. The lowest BCUT2D eigenvalue weighted by atomic mass is 10.1. The van der Waals surface area contributed by atoms with Gasteiger partial charge in [0, 0.05) is 35.1 Å². The first-order valence-corrected chi connectivity index (χ1v) is 9.80. The van der Waals surface area contributed by atoms with Crippen LogP contribution in [0.2, 0.25) is 5.02 Å². The third-order valence-electron chi connectivity index (χ3n) is 4.97. The van der Waals surface area contributed by atoms with Gasteiger partial charge in [0.15, 0.2) is 0 Å². The van der Waals surface area contributed by atoms with E-state index < -0.39 is 0 Å². The van der Waals surface area contributed by atoms with Crippen LogP contribution < -0.4 is 0 Å². The van der Waals surface area contributed by atoms with E-state index in [1.165, 1.54) is 24.3 Å². The molecule has 1 amide bonds. The van der Waals surface area contributed by atoms with Gasteiger partial charge < -0.3 is 9.47 Å². The fourth-order valence-corrected chi connectivity index (χ4v) is 3.37. The zero-order valence-electron chi connectivity index (χ0n) is 16.1. The standard InChI is InChI=1S/C23H24ClFN2O/c1-3-17(2)27(23(28)19-9-11-21(25)12-10-19)16-22-8-5-13-26(22)15-18-6-4-7-20(24)14-18/h4-14,17H,3,15-16H2,1-2H3/t17-/m1/s1. The van der Waals surface area contributed by atoms with Crippen LogP contribution in [-0.2, 0) is 13.1 Å². The minimum Gasteiger partial charge on any atom is -0.345 e. The van der Waals surface area contributed by atoms with Crippen molar-refractivity contribution in [3.8, 4) is 0 Å². The first kappa shape index (κ1) is 20.2. The number of carbonyl (C=O) groups excluding carboxylic acids is 1. The van der Waals surface area contributed by atoms with Crippen molar-refractivity contribution in [1.82, 2.24) is 9.47 Å². The minimum atomic E-state index is -0.345. The van der Waals surface area contributed by atoms with Crippen LogP contribution in [0.4, 0.5) is 4.39 Å². The molecule has 5 heteroatoms. The van der Waals surface area contributed by atoms with E-state index >= 15 is 0 Å². The quantitative estimate of drug-likeness (QED) is 0.496. The van der Waals surface area contributed by atoms with Crippen LogP contribution in [0.15, 0.2) is 66.9 Å². The second kappa shape index (κ2) is 9.07. The highest BCUT2D eigenvalue weighted by atomic mass is 35.5. The Morgan fingerprint density at radius 2 is 1.89 bits per heavy atom. The van der Waals surface area contributed by atoms with Gasteiger partial charge in [-0.05, 0) is 67.4 Å². The van der Waals surface area contributed by atoms with E-state index in [0.29, 0.717) is 23.7 Å². The molecule has 0 fully saturated rings. The summed E-state index contributed by atoms with van der Waals surface area (Å²) in [5, 5.41) is 0.707. The molecule has 0 aliphatic rings. The number of halogens is 2. The molecule has 28 heavy (non-hydrogen) atoms. The summed E-state index contributed by atoms with van der Waals surface area (Å²) in [5.74, 6) is -0.438. The summed E-state index contributed by atoms with van der Waals surface area (Å²) in [6.07, 6.45) is 2.84. The molecule has 3 rings (SSSR count). The number of aromatic nitrogens is 1. The van der Waals surface area contributed by atoms with E-state index in [2.05, 4.69) is 11.5 Å². The van der Waals surface area contributed by atoms with Gasteiger partial charge in [0.2, 0.25) is 0 Å². The number of nitrogens with zero attached hydrogens (tertiary/aromatic N) is 2. The number of hydrogen-bond donors (Lipinski definition) is 0. The van der Waals surface area contributed by atoms with Crippen molar-refractivity contribution in [2.24, 2.45) is 0 Å². The maximum atomic E-state index is 13.2. The van der Waals surface area contributed by atoms with Gasteiger partial charge in [-0.1, -0.05) is 30.7 Å². The summed E-state index contributed by atoms with van der Waals surface area (Å²) in [4.78, 5) is 14.9. The Morgan fingerprint density at radius 3 is 2.57 bits per heavy atom. The normalized spacial score (nSPS) is 12.0. The average molecular weight is 399 g/mol. The molecule has 0 unspecified atom stereocenters. The Kier molecular flexibility index (Phi) is 6.53. The predicted molar refractivity (Wildman–Crippen MR) is 111 cm³/mol. The van der Waals surface area contributed by atoms with Gasteiger partial charge in [-0.3, -0.25) is 4.79 Å². The second-order valence-corrected chi connectivity index (χ2v) is 7.39. The molecular formula is C23H24ClFN2O. The van der Waals surface area contributed by atoms with Gasteiger partial charge in [-0.2, -0.15) is 0 Å². The molecule has 1 atom stereocenters. The van der Waals surface area contributed by atoms with Crippen molar-refractivity contribution in [3.63, 3.8) is 0 Å². The van der Waals surface area contributed by atoms with Crippen LogP contribution in [0.3, 0.4) is 0 Å². The molecule has 3 aromatic rings. The van der Waals surface area contributed by atoms with E-state index in [-0.39, 0.29) is 17.8 Å². The van der Waals surface area contributed by atoms with Gasteiger partial charge in [0.25, 0.3) is 5.91 Å². The number of amides is 1. The fourth-order valence-electron chi connectivity index (χ4n) is 3.16. The van der Waals surface area contributed by atoms with E-state index in [4.69, 9.17) is 11.6 Å². The van der Waals surface area contributed by atoms with Crippen LogP contribution in [0.25, 0.3) is 0 Å². The van der Waals surface area contributed by atoms with Crippen LogP contribution in [0.1, 0.15) is 41.9 Å². The molecule has 0 bridgehead atoms. The summed E-state index contributed by atoms with van der Waals surface area (Å²) in [5.41, 5.74) is 2.63. The first-order valence-electron chi connectivity index (χ1n) is 9.43. The van der Waals surface area contributed by atoms with Crippen molar-refractivity contribution in [3.05, 3.63) is 94.5 Å². The van der Waals surface area contributed by atoms with Gasteiger partial charge in [0.05, 0.1) is 6.54 Å². The number of carbonyl (C=O) groups is 1. The van der Waals surface area contributed by atoms with Crippen molar-refractivity contribution in [1.29, 1.82) is 0 Å². The first-order chi connectivity index (χ1) is 13.5. The summed E-state index contributed by atoms with van der Waals surface area (Å²) in [6, 6.07) is 17.6. The van der Waals surface area contributed by atoms with E-state index in [1.54, 1.807) is 0 Å². The Labute approximate surface area is 170 Å². The molecule has 1 aromatic heterocycles. The summed E-state index contributed by atoms with van der Waals surface area (Å²) in [7, 11) is 0. The molecule has 0 saturated carbocycles. The molecule has 0 spiro atoms. The maximum Gasteiger partial charge on any atom is 0.254 e. The lowest BCUT2D eigenvalue weighted by Gasteiger charge is -2.29. The molecule has 3 nitrogen and oxygen atoms in total. The zero-order chi connectivity index (χ0) is 20.1. The third kappa shape index (κ3) is 4.82. The topological polar surface area (TPSA) is 25.2 Å². The zero-order valence-corrected chi connectivity index (χ0v) is 16.9. The summed E-state index contributed by atoms with van der Waals surface area (Å²) in [6.45, 7) is 5.26. The van der Waals surface area contributed by atoms with Crippen LogP contribution in [0, 0.1) is 5.82 Å². The molecule has 0 aliphatic heterocycles. The Bertz CT molecular complexity index is 936. The van der Waals surface area contributed by atoms with Crippen molar-refractivity contribution in [2.45, 2.75) is 39.4 Å². The van der Waals surface area contributed by atoms with Crippen LogP contribution in [0.5, 0.6) is 0 Å². The van der Waals surface area contributed by atoms with E-state index in [9.17, 15) is 9.18 Å². The third-order valence-corrected chi connectivity index (χ3v) is 5.21. The molecule has 2 aromatic carbocycles. The Balaban J connectivity index is 1.83. The molecular weight excluding hydrogens is 375 g/mol. The lowest BCUT2D eigenvalue weighted by molar-refractivity contribution is 0.0667. The maximum absolute atomic E-state index is 13.2. The number of benzene rings is 2. The molecule has 1 heterocycles. The van der Waals surface area contributed by atoms with Gasteiger partial charge in [0.1, 0.15) is 5.82 Å². The molecule has 0 N–H and O–H groups in total. The average Bonchev–Trinajstić information content (AvgIpc) is 3.12. The Morgan fingerprint density at radius 1 is 1.14 bits per heavy atom. The lowest BCUT2D eigenvalue weighted by Crippen LogP contribution is -2.38. The molecule has 0 radical (unpaired) electrons. The van der Waals surface area contributed by atoms with E-state index in [1.807, 2.05) is 54.4 Å². The monoisotopic (exact) mass is 398 g/mol. The minimum absolute atomic E-state index is 0.0621. The highest BCUT2D eigenvalue weighted by Gasteiger charge is 2.22. The largest absolute Gasteiger partial charge is 0.345 e. The number of hydrogen-bond acceptors (Lipinski definition) is 1. The molecule has 0 saturated heterocycles. The summed E-state index contributed by atoms with van der Waals surface area (Å²) >= 11 is 6.10. The van der Waals surface area contributed by atoms with Crippen molar-refractivity contribution in [2.75, 3.05) is 0 Å². The number of rotatable bonds is 7. The molecule has 0 aliphatic carbocycles. The smallest absolute Gasteiger partial charge is 0.254 e. The molecule has 146 valence electrons. The van der Waals surface area contributed by atoms with Gasteiger partial charge in [-0.15, -0.1) is 0 Å². The highest BCUT2D eigenvalue weighted by Crippen LogP contribution is 2.18. The second-order valence-electron chi connectivity index (χ2n) is 6.95. The summed E-state index contributed by atoms with van der Waals surface area (Å²) < 4.78 is 15.4. The van der Waals surface area contributed by atoms with Crippen molar-refractivity contribution >= 4 is 17.5 Å². The fraction of sp³-hybridized carbons (Fsp3) is 0.261. The predicted octanol–water partition coefficient (Wildman–Crippen LogP) is 5.77. The van der Waals surface area contributed by atoms with Crippen LogP contribution >= 0.6 is 11.6 Å². The van der Waals surface area contributed by atoms with Crippen LogP contribution in [-0.4, -0.2) is 21.4 Å². The highest BCUT2D eigenvalue weighted by molar-refractivity contribution is 6.30. The van der Waals surface area contributed by atoms with Gasteiger partial charge in [-0.25, -0.2) is 4.39 Å². The Hall–Kier alpha value is -2.59.